The Morgan fingerprint density at radius 1 is 0.885 bits per heavy atom. The smallest absolute Gasteiger partial charge is 0.398 e. The Morgan fingerprint density at radius 2 is 1.35 bits per heavy atom. The first kappa shape index (κ1) is 23.8. The third-order valence-corrected chi connectivity index (χ3v) is 8.47. The summed E-state index contributed by atoms with van der Waals surface area (Å²) in [6, 6.07) is 0. The van der Waals surface area contributed by atoms with Crippen molar-refractivity contribution in [2.75, 3.05) is 14.2 Å². The van der Waals surface area contributed by atoms with E-state index in [-0.39, 0.29) is 5.92 Å². The maximum Gasteiger partial charge on any atom is 0.403 e. The Morgan fingerprint density at radius 3 is 1.58 bits per heavy atom. The van der Waals surface area contributed by atoms with Gasteiger partial charge in [0.15, 0.2) is 5.41 Å². The van der Waals surface area contributed by atoms with Gasteiger partial charge in [-0.1, -0.05) is 13.3 Å². The van der Waals surface area contributed by atoms with E-state index in [4.69, 9.17) is 8.85 Å². The molecule has 0 aliphatic heterocycles. The summed E-state index contributed by atoms with van der Waals surface area (Å²) in [5, 5.41) is 0. The van der Waals surface area contributed by atoms with E-state index in [1.807, 2.05) is 13.1 Å². The van der Waals surface area contributed by atoms with Crippen molar-refractivity contribution in [3.05, 3.63) is 0 Å². The summed E-state index contributed by atoms with van der Waals surface area (Å²) in [5.74, 6) is -1.48. The first-order valence-corrected chi connectivity index (χ1v) is 11.7. The van der Waals surface area contributed by atoms with Gasteiger partial charge in [-0.2, -0.15) is 26.3 Å². The Hall–Kier alpha value is -0.283. The van der Waals surface area contributed by atoms with Gasteiger partial charge in [-0.05, 0) is 63.0 Å². The Kier molecular flexibility index (Phi) is 7.30. The first-order valence-electron chi connectivity index (χ1n) is 8.84. The van der Waals surface area contributed by atoms with Gasteiger partial charge in [0.2, 0.25) is 0 Å². The summed E-state index contributed by atoms with van der Waals surface area (Å²) in [4.78, 5) is 0. The molecule has 0 N–H and O–H groups in total. The zero-order chi connectivity index (χ0) is 20.6. The summed E-state index contributed by atoms with van der Waals surface area (Å²) in [5.41, 5.74) is -3.60. The van der Waals surface area contributed by atoms with Crippen molar-refractivity contribution in [3.63, 3.8) is 0 Å². The lowest BCUT2D eigenvalue weighted by atomic mass is 9.66. The minimum Gasteiger partial charge on any atom is -0.398 e. The maximum absolute atomic E-state index is 13.0. The SMILES string of the molecule is CC(C1CC2CCC1C2)C(C)(C(F)(F)F)C(F)(F)F.CO[Si](C)(C)OC. The molecule has 0 aromatic heterocycles. The topological polar surface area (TPSA) is 18.5 Å². The van der Waals surface area contributed by atoms with Gasteiger partial charge in [-0.15, -0.1) is 0 Å². The molecule has 2 saturated carbocycles. The van der Waals surface area contributed by atoms with E-state index in [0.29, 0.717) is 19.3 Å². The zero-order valence-electron chi connectivity index (χ0n) is 16.2. The maximum atomic E-state index is 13.0. The van der Waals surface area contributed by atoms with Crippen LogP contribution in [0.4, 0.5) is 26.3 Å². The molecule has 2 bridgehead atoms. The molecule has 2 aliphatic carbocycles. The fourth-order valence-corrected chi connectivity index (χ4v) is 4.26. The summed E-state index contributed by atoms with van der Waals surface area (Å²) >= 11 is 0. The van der Waals surface area contributed by atoms with E-state index < -0.39 is 38.2 Å². The molecule has 2 fully saturated rings. The minimum absolute atomic E-state index is 0.0454. The molecule has 0 aromatic rings. The van der Waals surface area contributed by atoms with Crippen molar-refractivity contribution >= 4 is 8.56 Å². The summed E-state index contributed by atoms with van der Waals surface area (Å²) < 4.78 is 88.2. The van der Waals surface area contributed by atoms with Crippen LogP contribution in [0, 0.1) is 29.1 Å². The second-order valence-electron chi connectivity index (χ2n) is 8.13. The fraction of sp³-hybridized carbons (Fsp3) is 1.00. The normalized spacial score (nSPS) is 27.9. The highest BCUT2D eigenvalue weighted by atomic mass is 28.4. The molecule has 156 valence electrons. The van der Waals surface area contributed by atoms with Crippen LogP contribution in [0.25, 0.3) is 0 Å². The van der Waals surface area contributed by atoms with Crippen molar-refractivity contribution in [2.45, 2.75) is 65.0 Å². The first-order chi connectivity index (χ1) is 11.6. The minimum atomic E-state index is -5.26. The molecule has 4 unspecified atom stereocenters. The lowest BCUT2D eigenvalue weighted by Gasteiger charge is -2.43. The zero-order valence-corrected chi connectivity index (χ0v) is 17.2. The highest BCUT2D eigenvalue weighted by Crippen LogP contribution is 2.61. The van der Waals surface area contributed by atoms with Crippen molar-refractivity contribution in [1.82, 2.24) is 0 Å². The molecular weight excluding hydrogens is 378 g/mol. The van der Waals surface area contributed by atoms with Gasteiger partial charge in [-0.3, -0.25) is 0 Å². The van der Waals surface area contributed by atoms with Gasteiger partial charge in [0, 0.05) is 14.2 Å². The quantitative estimate of drug-likeness (QED) is 0.409. The lowest BCUT2D eigenvalue weighted by Crippen LogP contribution is -2.54. The van der Waals surface area contributed by atoms with Gasteiger partial charge >= 0.3 is 20.9 Å². The van der Waals surface area contributed by atoms with Crippen molar-refractivity contribution < 1.29 is 35.2 Å². The van der Waals surface area contributed by atoms with Gasteiger partial charge in [0.05, 0.1) is 0 Å². The Labute approximate surface area is 152 Å². The second kappa shape index (κ2) is 7.99. The summed E-state index contributed by atoms with van der Waals surface area (Å²) in [7, 11) is 1.70. The van der Waals surface area contributed by atoms with Crippen molar-refractivity contribution in [1.29, 1.82) is 0 Å². The second-order valence-corrected chi connectivity index (χ2v) is 11.7. The van der Waals surface area contributed by atoms with Gasteiger partial charge < -0.3 is 8.85 Å². The van der Waals surface area contributed by atoms with Gasteiger partial charge in [0.1, 0.15) is 0 Å². The van der Waals surface area contributed by atoms with E-state index in [1.54, 1.807) is 14.2 Å². The number of halogens is 6. The van der Waals surface area contributed by atoms with Crippen LogP contribution >= 0.6 is 0 Å². The average Bonchev–Trinajstić information content (AvgIpc) is 3.14. The van der Waals surface area contributed by atoms with Crippen molar-refractivity contribution in [3.8, 4) is 0 Å². The highest BCUT2D eigenvalue weighted by molar-refractivity contribution is 6.64. The van der Waals surface area contributed by atoms with Crippen LogP contribution in [0.3, 0.4) is 0 Å². The summed E-state index contributed by atoms with van der Waals surface area (Å²) in [6.07, 6.45) is -7.44. The molecule has 0 aromatic carbocycles. The largest absolute Gasteiger partial charge is 0.403 e. The Bertz CT molecular complexity index is 443. The molecular formula is C17H30F6O2Si. The van der Waals surface area contributed by atoms with Crippen LogP contribution in [0.1, 0.15) is 39.5 Å². The molecule has 2 aliphatic rings. The highest BCUT2D eigenvalue weighted by Gasteiger charge is 2.71. The summed E-state index contributed by atoms with van der Waals surface area (Å²) in [6.45, 7) is 5.44. The van der Waals surface area contributed by atoms with E-state index in [2.05, 4.69) is 0 Å². The van der Waals surface area contributed by atoms with Crippen LogP contribution in [-0.2, 0) is 8.85 Å². The molecule has 4 atom stereocenters. The average molecular weight is 408 g/mol. The number of alkyl halides is 6. The third kappa shape index (κ3) is 4.76. The molecule has 26 heavy (non-hydrogen) atoms. The fourth-order valence-electron chi connectivity index (χ4n) is 4.09. The van der Waals surface area contributed by atoms with Crippen LogP contribution in [0.2, 0.25) is 13.1 Å². The van der Waals surface area contributed by atoms with Crippen LogP contribution in [0.15, 0.2) is 0 Å². The van der Waals surface area contributed by atoms with E-state index in [9.17, 15) is 26.3 Å². The molecule has 2 nitrogen and oxygen atoms in total. The number of rotatable bonds is 4. The van der Waals surface area contributed by atoms with E-state index in [1.165, 1.54) is 0 Å². The molecule has 0 radical (unpaired) electrons. The molecule has 9 heteroatoms. The molecule has 2 rings (SSSR count). The number of fused-ring (bicyclic) bond motifs is 2. The molecule has 0 saturated heterocycles. The van der Waals surface area contributed by atoms with Crippen molar-refractivity contribution in [2.24, 2.45) is 29.1 Å². The Balaban J connectivity index is 0.000000412. The van der Waals surface area contributed by atoms with Crippen LogP contribution in [0.5, 0.6) is 0 Å². The third-order valence-electron chi connectivity index (χ3n) is 6.51. The number of hydrogen-bond acceptors (Lipinski definition) is 2. The lowest BCUT2D eigenvalue weighted by molar-refractivity contribution is -0.355. The predicted octanol–water partition coefficient (Wildman–Crippen LogP) is 6.17. The monoisotopic (exact) mass is 408 g/mol. The van der Waals surface area contributed by atoms with Gasteiger partial charge in [-0.25, -0.2) is 0 Å². The standard InChI is InChI=1S/C13H18F6.C4H12O2Si/c1-7(10-6-8-3-4-9(10)5-8)11(2,12(14,15)16)13(17,18)19;1-5-7(3,4)6-2/h7-10H,3-6H2,1-2H3;1-4H3. The molecule has 0 amide bonds. The molecule has 0 heterocycles. The van der Waals surface area contributed by atoms with E-state index >= 15 is 0 Å². The number of hydrogen-bond donors (Lipinski definition) is 0. The molecule has 0 spiro atoms. The van der Waals surface area contributed by atoms with E-state index in [0.717, 1.165) is 26.2 Å². The predicted molar refractivity (Wildman–Crippen MR) is 89.8 cm³/mol. The van der Waals surface area contributed by atoms with Crippen LogP contribution < -0.4 is 0 Å². The van der Waals surface area contributed by atoms with Crippen LogP contribution in [-0.4, -0.2) is 35.1 Å². The van der Waals surface area contributed by atoms with Gasteiger partial charge in [0.25, 0.3) is 0 Å².